The van der Waals surface area contributed by atoms with Crippen molar-refractivity contribution < 1.29 is 9.84 Å². The van der Waals surface area contributed by atoms with Crippen LogP contribution in [0.2, 0.25) is 5.02 Å². The van der Waals surface area contributed by atoms with Gasteiger partial charge in [-0.1, -0.05) is 11.6 Å². The second-order valence-electron chi connectivity index (χ2n) is 3.56. The third kappa shape index (κ3) is 2.48. The van der Waals surface area contributed by atoms with E-state index >= 15 is 0 Å². The van der Waals surface area contributed by atoms with Crippen molar-refractivity contribution in [1.29, 1.82) is 0 Å². The number of pyridine rings is 1. The highest BCUT2D eigenvalue weighted by atomic mass is 79.9. The zero-order valence-electron chi connectivity index (χ0n) is 8.57. The second kappa shape index (κ2) is 5.31. The van der Waals surface area contributed by atoms with Crippen molar-refractivity contribution in [2.45, 2.75) is 6.04 Å². The first-order valence-corrected chi connectivity index (χ1v) is 6.15. The van der Waals surface area contributed by atoms with E-state index in [4.69, 9.17) is 16.3 Å². The Balaban J connectivity index is 2.27. The third-order valence-corrected chi connectivity index (χ3v) is 3.21. The summed E-state index contributed by atoms with van der Waals surface area (Å²) in [5.41, 5.74) is 0. The van der Waals surface area contributed by atoms with Crippen LogP contribution in [0, 0.1) is 0 Å². The van der Waals surface area contributed by atoms with Crippen LogP contribution in [0.5, 0.6) is 0 Å². The fourth-order valence-corrected chi connectivity index (χ4v) is 2.44. The molecule has 0 radical (unpaired) electrons. The molecule has 0 aromatic carbocycles. The highest BCUT2D eigenvalue weighted by Gasteiger charge is 2.25. The van der Waals surface area contributed by atoms with E-state index in [1.807, 2.05) is 4.90 Å². The highest BCUT2D eigenvalue weighted by Crippen LogP contribution is 2.28. The maximum atomic E-state index is 9.27. The number of rotatable bonds is 2. The molecule has 1 atom stereocenters. The van der Waals surface area contributed by atoms with E-state index in [-0.39, 0.29) is 12.6 Å². The summed E-state index contributed by atoms with van der Waals surface area (Å²) in [7, 11) is 0. The Morgan fingerprint density at radius 3 is 3.19 bits per heavy atom. The van der Waals surface area contributed by atoms with Crippen molar-refractivity contribution in [2.24, 2.45) is 0 Å². The van der Waals surface area contributed by atoms with Crippen molar-refractivity contribution in [3.8, 4) is 0 Å². The Kier molecular flexibility index (Phi) is 4.02. The van der Waals surface area contributed by atoms with Gasteiger partial charge in [-0.25, -0.2) is 4.98 Å². The quantitative estimate of drug-likeness (QED) is 0.903. The van der Waals surface area contributed by atoms with Gasteiger partial charge in [-0.2, -0.15) is 0 Å². The number of aromatic nitrogens is 1. The minimum Gasteiger partial charge on any atom is -0.394 e. The molecule has 1 fully saturated rings. The van der Waals surface area contributed by atoms with Gasteiger partial charge in [-0.15, -0.1) is 0 Å². The van der Waals surface area contributed by atoms with Crippen LogP contribution in [0.25, 0.3) is 0 Å². The third-order valence-electron chi connectivity index (χ3n) is 2.50. The molecule has 0 spiro atoms. The summed E-state index contributed by atoms with van der Waals surface area (Å²) in [6.07, 6.45) is 1.70. The standard InChI is InChI=1S/C10H12BrClN2O2/c11-7-3-9(12)10(13-4-7)14-1-2-16-6-8(14)5-15/h3-4,8,15H,1-2,5-6H2. The van der Waals surface area contributed by atoms with E-state index in [1.165, 1.54) is 0 Å². The van der Waals surface area contributed by atoms with Gasteiger partial charge in [0.25, 0.3) is 0 Å². The van der Waals surface area contributed by atoms with Crippen LogP contribution in [0.4, 0.5) is 5.82 Å². The van der Waals surface area contributed by atoms with Gasteiger partial charge in [0.05, 0.1) is 30.9 Å². The maximum absolute atomic E-state index is 9.27. The molecule has 4 nitrogen and oxygen atoms in total. The van der Waals surface area contributed by atoms with Gasteiger partial charge in [0.2, 0.25) is 0 Å². The molecule has 88 valence electrons. The Morgan fingerprint density at radius 1 is 1.69 bits per heavy atom. The zero-order valence-corrected chi connectivity index (χ0v) is 10.9. The van der Waals surface area contributed by atoms with E-state index in [2.05, 4.69) is 20.9 Å². The van der Waals surface area contributed by atoms with E-state index in [0.717, 1.165) is 4.47 Å². The van der Waals surface area contributed by atoms with E-state index in [9.17, 15) is 5.11 Å². The lowest BCUT2D eigenvalue weighted by Gasteiger charge is -2.35. The Bertz CT molecular complexity index is 378. The predicted octanol–water partition coefficient (Wildman–Crippen LogP) is 1.69. The normalized spacial score (nSPS) is 21.2. The lowest BCUT2D eigenvalue weighted by Crippen LogP contribution is -2.48. The van der Waals surface area contributed by atoms with E-state index in [1.54, 1.807) is 12.3 Å². The van der Waals surface area contributed by atoms with Gasteiger partial charge < -0.3 is 14.7 Å². The van der Waals surface area contributed by atoms with Gasteiger partial charge in [0.1, 0.15) is 5.82 Å². The highest BCUT2D eigenvalue weighted by molar-refractivity contribution is 9.10. The molecule has 0 aliphatic carbocycles. The van der Waals surface area contributed by atoms with Crippen molar-refractivity contribution in [3.63, 3.8) is 0 Å². The predicted molar refractivity (Wildman–Crippen MR) is 66.0 cm³/mol. The number of halogens is 2. The average Bonchev–Trinajstić information content (AvgIpc) is 2.29. The topological polar surface area (TPSA) is 45.6 Å². The fourth-order valence-electron chi connectivity index (χ4n) is 1.70. The molecule has 1 saturated heterocycles. The SMILES string of the molecule is OCC1COCCN1c1ncc(Br)cc1Cl. The van der Waals surface area contributed by atoms with Crippen molar-refractivity contribution in [2.75, 3.05) is 31.3 Å². The summed E-state index contributed by atoms with van der Waals surface area (Å²) >= 11 is 9.44. The number of hydrogen-bond acceptors (Lipinski definition) is 4. The molecule has 0 amide bonds. The summed E-state index contributed by atoms with van der Waals surface area (Å²) in [6, 6.07) is 1.73. The number of ether oxygens (including phenoxy) is 1. The molecule has 6 heteroatoms. The van der Waals surface area contributed by atoms with Crippen LogP contribution in [0.1, 0.15) is 0 Å². The first kappa shape index (κ1) is 12.1. The number of morpholine rings is 1. The maximum Gasteiger partial charge on any atom is 0.147 e. The number of anilines is 1. The molecular formula is C10H12BrClN2O2. The molecule has 0 bridgehead atoms. The molecule has 1 N–H and O–H groups in total. The molecule has 16 heavy (non-hydrogen) atoms. The van der Waals surface area contributed by atoms with Crippen LogP contribution in [-0.4, -0.2) is 42.5 Å². The van der Waals surface area contributed by atoms with Gasteiger partial charge in [-0.3, -0.25) is 0 Å². The minimum absolute atomic E-state index is 0.0358. The Labute approximate surface area is 107 Å². The molecule has 1 unspecified atom stereocenters. The van der Waals surface area contributed by atoms with Crippen LogP contribution < -0.4 is 4.90 Å². The summed E-state index contributed by atoms with van der Waals surface area (Å²) in [6.45, 7) is 1.86. The van der Waals surface area contributed by atoms with Crippen LogP contribution >= 0.6 is 27.5 Å². The lowest BCUT2D eigenvalue weighted by molar-refractivity contribution is 0.0723. The molecule has 1 aliphatic rings. The van der Waals surface area contributed by atoms with Crippen LogP contribution in [0.3, 0.4) is 0 Å². The number of nitrogens with zero attached hydrogens (tertiary/aromatic N) is 2. The molecular weight excluding hydrogens is 295 g/mol. The van der Waals surface area contributed by atoms with Gasteiger partial charge in [-0.05, 0) is 22.0 Å². The first-order valence-electron chi connectivity index (χ1n) is 4.98. The minimum atomic E-state index is -0.0695. The summed E-state index contributed by atoms with van der Waals surface area (Å²) < 4.78 is 6.15. The van der Waals surface area contributed by atoms with Crippen molar-refractivity contribution in [1.82, 2.24) is 4.98 Å². The first-order chi connectivity index (χ1) is 7.72. The largest absolute Gasteiger partial charge is 0.394 e. The van der Waals surface area contributed by atoms with E-state index in [0.29, 0.717) is 30.6 Å². The molecule has 1 aromatic rings. The average molecular weight is 308 g/mol. The van der Waals surface area contributed by atoms with Gasteiger partial charge in [0, 0.05) is 17.2 Å². The summed E-state index contributed by atoms with van der Waals surface area (Å²) in [5, 5.41) is 9.84. The van der Waals surface area contributed by atoms with Gasteiger partial charge in [0.15, 0.2) is 0 Å². The molecule has 2 rings (SSSR count). The Hall–Kier alpha value is -0.360. The zero-order chi connectivity index (χ0) is 11.5. The molecule has 1 aliphatic heterocycles. The van der Waals surface area contributed by atoms with E-state index < -0.39 is 0 Å². The second-order valence-corrected chi connectivity index (χ2v) is 4.89. The smallest absolute Gasteiger partial charge is 0.147 e. The lowest BCUT2D eigenvalue weighted by atomic mass is 10.2. The van der Waals surface area contributed by atoms with Crippen molar-refractivity contribution >= 4 is 33.3 Å². The van der Waals surface area contributed by atoms with Crippen LogP contribution in [0.15, 0.2) is 16.7 Å². The van der Waals surface area contributed by atoms with Crippen LogP contribution in [-0.2, 0) is 4.74 Å². The fraction of sp³-hybridized carbons (Fsp3) is 0.500. The molecule has 1 aromatic heterocycles. The summed E-state index contributed by atoms with van der Waals surface area (Å²) in [4.78, 5) is 6.26. The number of aliphatic hydroxyl groups is 1. The molecule has 0 saturated carbocycles. The molecule has 2 heterocycles. The Morgan fingerprint density at radius 2 is 2.50 bits per heavy atom. The monoisotopic (exact) mass is 306 g/mol. The number of hydrogen-bond donors (Lipinski definition) is 1. The van der Waals surface area contributed by atoms with Crippen molar-refractivity contribution in [3.05, 3.63) is 21.8 Å². The number of aliphatic hydroxyl groups excluding tert-OH is 1. The van der Waals surface area contributed by atoms with Gasteiger partial charge >= 0.3 is 0 Å². The summed E-state index contributed by atoms with van der Waals surface area (Å²) in [5.74, 6) is 0.701.